The maximum absolute atomic E-state index is 14.2. The second-order valence-corrected chi connectivity index (χ2v) is 17.2. The third kappa shape index (κ3) is 11.3. The second kappa shape index (κ2) is 20.1. The van der Waals surface area contributed by atoms with Crippen LogP contribution in [0.2, 0.25) is 0 Å². The summed E-state index contributed by atoms with van der Waals surface area (Å²) in [6.07, 6.45) is -8.19. The minimum absolute atomic E-state index is 0. The summed E-state index contributed by atoms with van der Waals surface area (Å²) in [6.45, 7) is 18.0. The van der Waals surface area contributed by atoms with E-state index >= 15 is 0 Å². The average Bonchev–Trinajstić information content (AvgIpc) is 3.05. The zero-order valence-corrected chi connectivity index (χ0v) is 35.2. The summed E-state index contributed by atoms with van der Waals surface area (Å²) in [4.78, 5) is 18.0. The maximum atomic E-state index is 14.2. The van der Waals surface area contributed by atoms with Crippen molar-refractivity contribution in [2.24, 2.45) is 17.8 Å². The fourth-order valence-electron chi connectivity index (χ4n) is 8.74. The first-order chi connectivity index (χ1) is 23.9. The monoisotopic (exact) mass is 785 g/mol. The Morgan fingerprint density at radius 1 is 0.926 bits per heavy atom. The predicted octanol–water partition coefficient (Wildman–Crippen LogP) is 0.251. The molecule has 9 N–H and O–H groups in total. The Labute approximate surface area is 323 Å². The highest BCUT2D eigenvalue weighted by molar-refractivity contribution is 5.73. The summed E-state index contributed by atoms with van der Waals surface area (Å²) < 4.78 is 37.5. The van der Waals surface area contributed by atoms with Gasteiger partial charge in [0.25, 0.3) is 0 Å². The molecular weight excluding hydrogens is 708 g/mol. The molecule has 322 valence electrons. The Bertz CT molecular complexity index is 1150. The van der Waals surface area contributed by atoms with Gasteiger partial charge in [0.05, 0.1) is 41.5 Å². The lowest BCUT2D eigenvalue weighted by Gasteiger charge is -2.48. The summed E-state index contributed by atoms with van der Waals surface area (Å²) in [7, 11) is 7.12. The lowest BCUT2D eigenvalue weighted by atomic mass is 9.77. The number of cyclic esters (lactones) is 1. The Hall–Kier alpha value is -1.09. The third-order valence-corrected chi connectivity index (χ3v) is 12.2. The van der Waals surface area contributed by atoms with Crippen LogP contribution >= 0.6 is 0 Å². The van der Waals surface area contributed by atoms with Crippen molar-refractivity contribution in [1.82, 2.24) is 9.80 Å². The van der Waals surface area contributed by atoms with Crippen molar-refractivity contribution >= 4 is 5.97 Å². The van der Waals surface area contributed by atoms with Gasteiger partial charge in [-0.05, 0) is 94.8 Å². The highest BCUT2D eigenvalue weighted by Crippen LogP contribution is 2.40. The van der Waals surface area contributed by atoms with Gasteiger partial charge in [-0.1, -0.05) is 20.8 Å². The van der Waals surface area contributed by atoms with Gasteiger partial charge in [0.1, 0.15) is 30.0 Å². The minimum atomic E-state index is -1.80. The van der Waals surface area contributed by atoms with Crippen molar-refractivity contribution in [3.8, 4) is 0 Å². The standard InChI is InChI=1S/C38H72N2O12.2H2O/c1-15-27-38(10,46)31(42)24(6)40(13)19-20(2)17-36(8,45)33(52-35-29(41)26(39(11)12)16-21(3)48-35)22(4)30(23(5)34(44)50-27)51-28-18-37(9,47-14)32(43)25(7)49-28;;/h20-33,35,41-43,45-46H,15-19H2,1-14H3;2*1H2/t20-,21-,22+,23-,24-,25+,26+,27?,28+,29-,30+,31-,32+,33-,35+,36?,37-,38-;;/m1../s1. The van der Waals surface area contributed by atoms with Crippen molar-refractivity contribution in [3.05, 3.63) is 0 Å². The first-order valence-corrected chi connectivity index (χ1v) is 19.1. The smallest absolute Gasteiger partial charge is 0.311 e. The van der Waals surface area contributed by atoms with Crippen LogP contribution < -0.4 is 0 Å². The second-order valence-electron chi connectivity index (χ2n) is 17.2. The molecule has 0 aliphatic carbocycles. The fraction of sp³-hybridized carbons (Fsp3) is 0.974. The normalized spacial score (nSPS) is 47.8. The number of carbonyl (C=O) groups excluding carboxylic acids is 1. The molecule has 3 fully saturated rings. The quantitative estimate of drug-likeness (QED) is 0.218. The number of carbonyl (C=O) groups is 1. The van der Waals surface area contributed by atoms with E-state index in [1.54, 1.807) is 41.5 Å². The lowest BCUT2D eigenvalue weighted by Crippen LogP contribution is -2.60. The fourth-order valence-corrected chi connectivity index (χ4v) is 8.74. The molecule has 3 aliphatic heterocycles. The minimum Gasteiger partial charge on any atom is -0.459 e. The topological polar surface area (TPSA) is 243 Å². The number of esters is 1. The Kier molecular flexibility index (Phi) is 18.9. The molecule has 0 radical (unpaired) electrons. The predicted molar refractivity (Wildman–Crippen MR) is 201 cm³/mol. The highest BCUT2D eigenvalue weighted by atomic mass is 16.7. The molecule has 0 spiro atoms. The molecule has 3 aliphatic rings. The van der Waals surface area contributed by atoms with E-state index < -0.39 is 96.0 Å². The summed E-state index contributed by atoms with van der Waals surface area (Å²) >= 11 is 0. The van der Waals surface area contributed by atoms with Crippen LogP contribution in [-0.4, -0.2) is 177 Å². The summed E-state index contributed by atoms with van der Waals surface area (Å²) in [5, 5.41) is 58.1. The summed E-state index contributed by atoms with van der Waals surface area (Å²) in [5.41, 5.74) is -4.37. The van der Waals surface area contributed by atoms with Gasteiger partial charge in [0.2, 0.25) is 0 Å². The molecule has 0 bridgehead atoms. The van der Waals surface area contributed by atoms with E-state index in [0.717, 1.165) is 0 Å². The van der Waals surface area contributed by atoms with E-state index in [-0.39, 0.29) is 48.3 Å². The molecular formula is C38H76N2O14. The zero-order valence-electron chi connectivity index (χ0n) is 35.2. The SMILES string of the molecule is CCC1OC(=O)[C@H](C)[C@@H](O[C@H]2C[C@@](C)(OC)[C@@H](O)[C@H](C)O2)[C@H](C)[C@@H](O[C@@H]2O[C@H](C)C[C@H](N(C)C)[C@H]2O)C(C)(O)C[C@@H](C)CN(C)[C@H](C)[C@@H](O)[C@]1(C)O.O.O. The van der Waals surface area contributed by atoms with Crippen molar-refractivity contribution in [2.75, 3.05) is 34.8 Å². The summed E-state index contributed by atoms with van der Waals surface area (Å²) in [6, 6.07) is -0.808. The van der Waals surface area contributed by atoms with Crippen LogP contribution in [-0.2, 0) is 33.2 Å². The van der Waals surface area contributed by atoms with E-state index in [4.69, 9.17) is 28.4 Å². The molecule has 3 heterocycles. The first kappa shape index (κ1) is 50.9. The zero-order chi connectivity index (χ0) is 39.7. The van der Waals surface area contributed by atoms with Crippen molar-refractivity contribution in [2.45, 2.75) is 185 Å². The number of aliphatic hydroxyl groups excluding tert-OH is 3. The Morgan fingerprint density at radius 2 is 1.52 bits per heavy atom. The number of ether oxygens (including phenoxy) is 6. The van der Waals surface area contributed by atoms with Crippen LogP contribution in [0.3, 0.4) is 0 Å². The lowest BCUT2D eigenvalue weighted by molar-refractivity contribution is -0.318. The van der Waals surface area contributed by atoms with Gasteiger partial charge in [-0.15, -0.1) is 0 Å². The molecule has 16 nitrogen and oxygen atoms in total. The largest absolute Gasteiger partial charge is 0.459 e. The Balaban J connectivity index is 0.00000729. The molecule has 3 rings (SSSR count). The first-order valence-electron chi connectivity index (χ1n) is 19.1. The van der Waals surface area contributed by atoms with Crippen LogP contribution in [0, 0.1) is 17.8 Å². The average molecular weight is 785 g/mol. The van der Waals surface area contributed by atoms with Gasteiger partial charge in [0.15, 0.2) is 12.6 Å². The molecule has 0 amide bonds. The van der Waals surface area contributed by atoms with E-state index in [9.17, 15) is 30.3 Å². The van der Waals surface area contributed by atoms with Crippen LogP contribution in [0.5, 0.6) is 0 Å². The van der Waals surface area contributed by atoms with E-state index in [1.807, 2.05) is 51.7 Å². The van der Waals surface area contributed by atoms with Gasteiger partial charge in [-0.3, -0.25) is 4.79 Å². The van der Waals surface area contributed by atoms with Crippen LogP contribution in [0.1, 0.15) is 94.9 Å². The summed E-state index contributed by atoms with van der Waals surface area (Å²) in [5.74, 6) is -2.58. The van der Waals surface area contributed by atoms with Gasteiger partial charge in [0, 0.05) is 38.1 Å². The molecule has 54 heavy (non-hydrogen) atoms. The molecule has 3 saturated heterocycles. The van der Waals surface area contributed by atoms with Crippen molar-refractivity contribution in [3.63, 3.8) is 0 Å². The number of rotatable bonds is 7. The maximum Gasteiger partial charge on any atom is 0.311 e. The van der Waals surface area contributed by atoms with Crippen LogP contribution in [0.25, 0.3) is 0 Å². The van der Waals surface area contributed by atoms with Gasteiger partial charge in [-0.2, -0.15) is 0 Å². The molecule has 2 unspecified atom stereocenters. The number of hydrogen-bond donors (Lipinski definition) is 5. The van der Waals surface area contributed by atoms with E-state index in [1.165, 1.54) is 14.0 Å². The number of hydrogen-bond acceptors (Lipinski definition) is 14. The van der Waals surface area contributed by atoms with Crippen LogP contribution in [0.4, 0.5) is 0 Å². The van der Waals surface area contributed by atoms with Crippen molar-refractivity contribution in [1.29, 1.82) is 0 Å². The van der Waals surface area contributed by atoms with Crippen LogP contribution in [0.15, 0.2) is 0 Å². The van der Waals surface area contributed by atoms with E-state index in [0.29, 0.717) is 13.0 Å². The van der Waals surface area contributed by atoms with E-state index in [2.05, 4.69) is 0 Å². The van der Waals surface area contributed by atoms with Gasteiger partial charge >= 0.3 is 5.97 Å². The highest BCUT2D eigenvalue weighted by Gasteiger charge is 2.52. The molecule has 0 aromatic carbocycles. The number of aliphatic hydroxyl groups is 5. The number of nitrogens with zero attached hydrogens (tertiary/aromatic N) is 2. The molecule has 0 aromatic heterocycles. The Morgan fingerprint density at radius 3 is 2.06 bits per heavy atom. The molecule has 18 atom stereocenters. The number of likely N-dealkylation sites (N-methyl/N-ethyl adjacent to an activating group) is 2. The molecule has 16 heteroatoms. The molecule has 0 saturated carbocycles. The molecule has 0 aromatic rings. The number of methoxy groups -OCH3 is 1. The van der Waals surface area contributed by atoms with Gasteiger partial charge in [-0.25, -0.2) is 0 Å². The van der Waals surface area contributed by atoms with Gasteiger partial charge < -0.3 is 74.7 Å². The van der Waals surface area contributed by atoms with Crippen molar-refractivity contribution < 1.29 is 69.7 Å². The third-order valence-electron chi connectivity index (χ3n) is 12.2.